The quantitative estimate of drug-likeness (QED) is 0.528. The fourth-order valence-electron chi connectivity index (χ4n) is 0.928. The predicted octanol–water partition coefficient (Wildman–Crippen LogP) is 0.984. The van der Waals surface area contributed by atoms with Gasteiger partial charge in [-0.25, -0.2) is 19.2 Å². The van der Waals surface area contributed by atoms with Gasteiger partial charge in [-0.2, -0.15) is 0 Å². The van der Waals surface area contributed by atoms with E-state index in [1.54, 1.807) is 13.8 Å². The van der Waals surface area contributed by atoms with Crippen LogP contribution in [0.3, 0.4) is 0 Å². The maximum absolute atomic E-state index is 10.1. The summed E-state index contributed by atoms with van der Waals surface area (Å²) in [6.45, 7) is 3.17. The van der Waals surface area contributed by atoms with Crippen molar-refractivity contribution in [3.8, 4) is 0 Å². The van der Waals surface area contributed by atoms with E-state index in [0.717, 1.165) is 0 Å². The molecule has 0 radical (unpaired) electrons. The molecule has 0 heterocycles. The van der Waals surface area contributed by atoms with Crippen LogP contribution in [0.15, 0.2) is 23.3 Å². The molecule has 0 fully saturated rings. The highest BCUT2D eigenvalue weighted by Gasteiger charge is 2.05. The fraction of sp³-hybridized carbons (Fsp3) is 0.333. The van der Waals surface area contributed by atoms with Crippen LogP contribution in [-0.4, -0.2) is 44.3 Å². The topological polar surface area (TPSA) is 149 Å². The van der Waals surface area contributed by atoms with Crippen LogP contribution in [0.4, 0.5) is 0 Å². The second-order valence-corrected chi connectivity index (χ2v) is 3.33. The number of hydrogen-bond acceptors (Lipinski definition) is 4. The maximum Gasteiger partial charge on any atom is 0.331 e. The Balaban J connectivity index is 0. The third-order valence-corrected chi connectivity index (χ3v) is 1.91. The highest BCUT2D eigenvalue weighted by Crippen LogP contribution is 1.99. The number of rotatable bonds is 6. The Morgan fingerprint density at radius 1 is 0.700 bits per heavy atom. The van der Waals surface area contributed by atoms with Crippen LogP contribution in [-0.2, 0) is 19.2 Å². The first-order valence-corrected chi connectivity index (χ1v) is 5.49. The summed E-state index contributed by atoms with van der Waals surface area (Å²) in [5.41, 5.74) is -0.181. The summed E-state index contributed by atoms with van der Waals surface area (Å²) in [5.74, 6) is -4.80. The van der Waals surface area contributed by atoms with Crippen LogP contribution in [0.1, 0.15) is 26.7 Å². The molecule has 0 amide bonds. The van der Waals surface area contributed by atoms with Gasteiger partial charge in [0, 0.05) is 23.3 Å². The van der Waals surface area contributed by atoms with Crippen LogP contribution < -0.4 is 0 Å². The standard InChI is InChI=1S/2C6H8O4/c2*1-2-4(6(9)10)3-5(7)8/h2*3H,2H2,1H3,(H,7,8)(H,9,10). The van der Waals surface area contributed by atoms with Gasteiger partial charge in [0.15, 0.2) is 0 Å². The summed E-state index contributed by atoms with van der Waals surface area (Å²) in [7, 11) is 0. The van der Waals surface area contributed by atoms with Gasteiger partial charge in [-0.3, -0.25) is 0 Å². The van der Waals surface area contributed by atoms with Crippen LogP contribution in [0, 0.1) is 0 Å². The lowest BCUT2D eigenvalue weighted by Crippen LogP contribution is -2.02. The lowest BCUT2D eigenvalue weighted by Gasteiger charge is -1.92. The molecule has 0 aromatic carbocycles. The molecule has 0 aromatic rings. The molecule has 0 rings (SSSR count). The first kappa shape index (κ1) is 19.7. The SMILES string of the molecule is CCC(=CC(=O)O)C(=O)O.CCC(=CC(=O)O)C(=O)O. The summed E-state index contributed by atoms with van der Waals surface area (Å²) < 4.78 is 0. The second-order valence-electron chi connectivity index (χ2n) is 3.33. The first-order valence-electron chi connectivity index (χ1n) is 5.49. The van der Waals surface area contributed by atoms with E-state index in [0.29, 0.717) is 12.2 Å². The Morgan fingerprint density at radius 2 is 0.950 bits per heavy atom. The monoisotopic (exact) mass is 288 g/mol. The van der Waals surface area contributed by atoms with Crippen molar-refractivity contribution in [2.24, 2.45) is 0 Å². The van der Waals surface area contributed by atoms with Crippen molar-refractivity contribution in [3.05, 3.63) is 23.3 Å². The van der Waals surface area contributed by atoms with E-state index in [-0.39, 0.29) is 24.0 Å². The van der Waals surface area contributed by atoms with Gasteiger partial charge in [0.05, 0.1) is 0 Å². The average molecular weight is 288 g/mol. The van der Waals surface area contributed by atoms with E-state index >= 15 is 0 Å². The largest absolute Gasteiger partial charge is 0.478 e. The van der Waals surface area contributed by atoms with Crippen molar-refractivity contribution < 1.29 is 39.6 Å². The molecule has 0 atom stereocenters. The summed E-state index contributed by atoms with van der Waals surface area (Å²) in [6, 6.07) is 0. The number of carboxylic acids is 4. The lowest BCUT2D eigenvalue weighted by atomic mass is 10.2. The van der Waals surface area contributed by atoms with Crippen molar-refractivity contribution in [1.82, 2.24) is 0 Å². The summed E-state index contributed by atoms with van der Waals surface area (Å²) in [5, 5.41) is 32.8. The van der Waals surface area contributed by atoms with Gasteiger partial charge in [0.2, 0.25) is 0 Å². The van der Waals surface area contributed by atoms with Crippen LogP contribution >= 0.6 is 0 Å². The first-order chi connectivity index (χ1) is 9.15. The molecule has 0 aliphatic rings. The highest BCUT2D eigenvalue weighted by atomic mass is 16.4. The number of aliphatic carboxylic acids is 4. The number of carboxylic acid groups (broad SMARTS) is 4. The molecule has 0 aliphatic carbocycles. The lowest BCUT2D eigenvalue weighted by molar-refractivity contribution is -0.135. The molecule has 20 heavy (non-hydrogen) atoms. The van der Waals surface area contributed by atoms with E-state index in [9.17, 15) is 19.2 Å². The minimum absolute atomic E-state index is 0.0903. The minimum atomic E-state index is -1.22. The molecule has 8 nitrogen and oxygen atoms in total. The number of hydrogen-bond donors (Lipinski definition) is 4. The molecule has 8 heteroatoms. The van der Waals surface area contributed by atoms with Gasteiger partial charge in [0.1, 0.15) is 0 Å². The minimum Gasteiger partial charge on any atom is -0.478 e. The van der Waals surface area contributed by atoms with Gasteiger partial charge >= 0.3 is 23.9 Å². The van der Waals surface area contributed by atoms with Crippen molar-refractivity contribution >= 4 is 23.9 Å². The Bertz CT molecular complexity index is 402. The normalized spacial score (nSPS) is 11.1. The zero-order valence-corrected chi connectivity index (χ0v) is 11.0. The van der Waals surface area contributed by atoms with E-state index in [4.69, 9.17) is 20.4 Å². The van der Waals surface area contributed by atoms with Crippen molar-refractivity contribution in [1.29, 1.82) is 0 Å². The molecule has 0 unspecified atom stereocenters. The molecule has 4 N–H and O–H groups in total. The summed E-state index contributed by atoms with van der Waals surface area (Å²) in [6.07, 6.45) is 1.84. The Labute approximate surface area is 114 Å². The maximum atomic E-state index is 10.1. The third-order valence-electron chi connectivity index (χ3n) is 1.91. The van der Waals surface area contributed by atoms with Gasteiger partial charge < -0.3 is 20.4 Å². The third kappa shape index (κ3) is 10.5. The molecule has 0 bridgehead atoms. The Hall–Kier alpha value is -2.64. The van der Waals surface area contributed by atoms with Gasteiger partial charge in [-0.05, 0) is 12.8 Å². The molecule has 112 valence electrons. The number of carbonyl (C=O) groups is 4. The molecule has 0 saturated carbocycles. The average Bonchev–Trinajstić information content (AvgIpc) is 2.32. The molecular weight excluding hydrogens is 272 g/mol. The fourth-order valence-corrected chi connectivity index (χ4v) is 0.928. The van der Waals surface area contributed by atoms with E-state index in [1.165, 1.54) is 0 Å². The van der Waals surface area contributed by atoms with Crippen molar-refractivity contribution in [2.45, 2.75) is 26.7 Å². The van der Waals surface area contributed by atoms with E-state index < -0.39 is 23.9 Å². The molecule has 0 saturated heterocycles. The van der Waals surface area contributed by atoms with Gasteiger partial charge in [-0.1, -0.05) is 13.8 Å². The smallest absolute Gasteiger partial charge is 0.331 e. The van der Waals surface area contributed by atoms with Crippen LogP contribution in [0.5, 0.6) is 0 Å². The van der Waals surface area contributed by atoms with Gasteiger partial charge in [-0.15, -0.1) is 0 Å². The van der Waals surface area contributed by atoms with E-state index in [2.05, 4.69) is 0 Å². The van der Waals surface area contributed by atoms with Crippen LogP contribution in [0.2, 0.25) is 0 Å². The molecular formula is C12H16O8. The Morgan fingerprint density at radius 3 is 1.00 bits per heavy atom. The van der Waals surface area contributed by atoms with Crippen molar-refractivity contribution in [3.63, 3.8) is 0 Å². The molecule has 0 aliphatic heterocycles. The predicted molar refractivity (Wildman–Crippen MR) is 67.3 cm³/mol. The van der Waals surface area contributed by atoms with E-state index in [1.807, 2.05) is 0 Å². The Kier molecular flexibility index (Phi) is 10.1. The zero-order valence-electron chi connectivity index (χ0n) is 11.0. The summed E-state index contributed by atoms with van der Waals surface area (Å²) >= 11 is 0. The molecule has 0 aromatic heterocycles. The van der Waals surface area contributed by atoms with Crippen LogP contribution in [0.25, 0.3) is 0 Å². The summed E-state index contributed by atoms with van der Waals surface area (Å²) in [4.78, 5) is 40.1. The zero-order chi connectivity index (χ0) is 16.3. The second kappa shape index (κ2) is 10.3. The van der Waals surface area contributed by atoms with Gasteiger partial charge in [0.25, 0.3) is 0 Å². The highest BCUT2D eigenvalue weighted by molar-refractivity contribution is 5.95. The van der Waals surface area contributed by atoms with Crippen molar-refractivity contribution in [2.75, 3.05) is 0 Å². The molecule has 0 spiro atoms.